The number of nitrogen functional groups attached to an aromatic ring is 1. The first-order chi connectivity index (χ1) is 21.5. The molecule has 0 amide bonds. The normalized spacial score (nSPS) is 14.8. The van der Waals surface area contributed by atoms with Gasteiger partial charge in [0.25, 0.3) is 11.2 Å². The van der Waals surface area contributed by atoms with Crippen LogP contribution in [-0.4, -0.2) is 46.1 Å². The minimum Gasteiger partial charge on any atom is -0.399 e. The molecule has 48 heavy (non-hydrogen) atoms. The van der Waals surface area contributed by atoms with E-state index in [4.69, 9.17) is 5.73 Å². The number of anilines is 1. The van der Waals surface area contributed by atoms with Crippen LogP contribution in [0.1, 0.15) is 61.9 Å². The molecule has 3 rings (SSSR count). The van der Waals surface area contributed by atoms with Gasteiger partial charge in [-0.25, -0.2) is 0 Å². The molecule has 0 aliphatic heterocycles. The Morgan fingerprint density at radius 3 is 1.10 bits per heavy atom. The molecule has 3 aromatic carbocycles. The van der Waals surface area contributed by atoms with E-state index < -0.39 is 70.4 Å². The largest absolute Gasteiger partial charge is 0.430 e. The zero-order valence-electron chi connectivity index (χ0n) is 25.7. The number of hydrogen-bond donors (Lipinski definition) is 3. The zero-order valence-corrected chi connectivity index (χ0v) is 25.7. The number of alkyl halides is 12. The summed E-state index contributed by atoms with van der Waals surface area (Å²) in [6, 6.07) is 18.0. The van der Waals surface area contributed by atoms with Crippen LogP contribution in [0.3, 0.4) is 0 Å². The fourth-order valence-electron chi connectivity index (χ4n) is 5.09. The summed E-state index contributed by atoms with van der Waals surface area (Å²) < 4.78 is 162. The van der Waals surface area contributed by atoms with E-state index in [2.05, 4.69) is 0 Å². The zero-order chi connectivity index (χ0) is 36.9. The van der Waals surface area contributed by atoms with Gasteiger partial charge in [-0.15, -0.1) is 0 Å². The van der Waals surface area contributed by atoms with Crippen molar-refractivity contribution in [3.05, 3.63) is 107 Å². The second kappa shape index (κ2) is 12.3. The van der Waals surface area contributed by atoms with Gasteiger partial charge in [-0.05, 0) is 51.6 Å². The summed E-state index contributed by atoms with van der Waals surface area (Å²) in [6.07, 6.45) is -30.4. The fraction of sp³-hybridized carbons (Fsp3) is 0.394. The highest BCUT2D eigenvalue weighted by atomic mass is 19.4. The monoisotopic (exact) mass is 701 g/mol. The van der Waals surface area contributed by atoms with E-state index in [-0.39, 0.29) is 0 Å². The summed E-state index contributed by atoms with van der Waals surface area (Å²) in [6.45, 7) is 7.30. The SMILES string of the molecule is CC(C)(c1ccc(N)cc1)c1ccc(C(C)(C)c2ccc(/C(=C/C(O)(C(F)(F)F)C(F)(F)F)CC(O)(C(F)(F)F)C(F)(F)F)cc2)cc1. The first-order valence-corrected chi connectivity index (χ1v) is 14.0. The van der Waals surface area contributed by atoms with Gasteiger partial charge < -0.3 is 15.9 Å². The van der Waals surface area contributed by atoms with Crippen LogP contribution in [0.5, 0.6) is 0 Å². The predicted molar refractivity (Wildman–Crippen MR) is 155 cm³/mol. The molecule has 15 heteroatoms. The van der Waals surface area contributed by atoms with E-state index in [1.165, 1.54) is 0 Å². The van der Waals surface area contributed by atoms with Gasteiger partial charge in [-0.2, -0.15) is 52.7 Å². The highest BCUT2D eigenvalue weighted by Gasteiger charge is 2.72. The Balaban J connectivity index is 2.11. The lowest BCUT2D eigenvalue weighted by molar-refractivity contribution is -0.366. The first kappa shape index (κ1) is 38.7. The number of aliphatic hydroxyl groups is 2. The summed E-state index contributed by atoms with van der Waals surface area (Å²) in [7, 11) is 0. The minimum atomic E-state index is -6.62. The molecule has 0 saturated heterocycles. The van der Waals surface area contributed by atoms with E-state index in [0.29, 0.717) is 28.9 Å². The standard InChI is InChI=1S/C33H31F12NO2/c1-26(2,22-9-11-23(12-10-22)27(3,4)24-13-15-25(46)16-14-24)21-7-5-19(6-8-21)20(17-28(47,30(34,35)36)31(37,38)39)18-29(48,32(40,41)42)33(43,44)45/h5-17,47-48H,18,46H2,1-4H3/b20-17+. The smallest absolute Gasteiger partial charge is 0.399 e. The van der Waals surface area contributed by atoms with Gasteiger partial charge in [0, 0.05) is 22.9 Å². The Labute approximate surface area is 267 Å². The number of nitrogens with two attached hydrogens (primary N) is 1. The van der Waals surface area contributed by atoms with E-state index in [9.17, 15) is 62.9 Å². The fourth-order valence-corrected chi connectivity index (χ4v) is 5.09. The Morgan fingerprint density at radius 2 is 0.812 bits per heavy atom. The predicted octanol–water partition coefficient (Wildman–Crippen LogP) is 9.41. The van der Waals surface area contributed by atoms with Crippen molar-refractivity contribution in [2.45, 2.75) is 80.9 Å². The molecule has 3 nitrogen and oxygen atoms in total. The summed E-state index contributed by atoms with van der Waals surface area (Å²) in [5.74, 6) is 0. The van der Waals surface area contributed by atoms with Gasteiger partial charge in [0.15, 0.2) is 0 Å². The molecule has 4 N–H and O–H groups in total. The van der Waals surface area contributed by atoms with Crippen LogP contribution in [0.25, 0.3) is 5.57 Å². The van der Waals surface area contributed by atoms with E-state index >= 15 is 0 Å². The molecule has 0 atom stereocenters. The Bertz CT molecular complexity index is 1570. The van der Waals surface area contributed by atoms with Crippen molar-refractivity contribution in [2.75, 3.05) is 5.73 Å². The maximum atomic E-state index is 13.5. The van der Waals surface area contributed by atoms with Crippen LogP contribution in [0.2, 0.25) is 0 Å². The van der Waals surface area contributed by atoms with Crippen molar-refractivity contribution in [1.82, 2.24) is 0 Å². The van der Waals surface area contributed by atoms with E-state index in [1.807, 2.05) is 38.1 Å². The van der Waals surface area contributed by atoms with Crippen molar-refractivity contribution in [3.63, 3.8) is 0 Å². The van der Waals surface area contributed by atoms with Crippen molar-refractivity contribution in [1.29, 1.82) is 0 Å². The molecule has 0 heterocycles. The molecule has 0 saturated carbocycles. The van der Waals surface area contributed by atoms with Crippen LogP contribution in [0.4, 0.5) is 58.4 Å². The van der Waals surface area contributed by atoms with E-state index in [0.717, 1.165) is 23.3 Å². The lowest BCUT2D eigenvalue weighted by Crippen LogP contribution is -2.58. The number of halogens is 12. The van der Waals surface area contributed by atoms with Crippen LogP contribution in [0, 0.1) is 0 Å². The molecule has 0 aromatic heterocycles. The summed E-state index contributed by atoms with van der Waals surface area (Å²) >= 11 is 0. The Morgan fingerprint density at radius 1 is 0.521 bits per heavy atom. The molecular formula is C33H31F12NO2. The quantitative estimate of drug-likeness (QED) is 0.162. The van der Waals surface area contributed by atoms with Crippen molar-refractivity contribution >= 4 is 11.3 Å². The topological polar surface area (TPSA) is 66.5 Å². The maximum Gasteiger partial charge on any atom is 0.430 e. The molecule has 0 fully saturated rings. The first-order valence-electron chi connectivity index (χ1n) is 14.0. The molecule has 0 aliphatic rings. The van der Waals surface area contributed by atoms with Crippen LogP contribution >= 0.6 is 0 Å². The third-order valence-electron chi connectivity index (χ3n) is 8.57. The van der Waals surface area contributed by atoms with Gasteiger partial charge in [0.05, 0.1) is 0 Å². The van der Waals surface area contributed by atoms with Crippen molar-refractivity contribution < 1.29 is 62.9 Å². The van der Waals surface area contributed by atoms with Gasteiger partial charge in [-0.3, -0.25) is 0 Å². The molecular weight excluding hydrogens is 670 g/mol. The molecule has 3 aromatic rings. The summed E-state index contributed by atoms with van der Waals surface area (Å²) in [4.78, 5) is 0. The second-order valence-corrected chi connectivity index (χ2v) is 12.5. The van der Waals surface area contributed by atoms with Gasteiger partial charge in [0.1, 0.15) is 0 Å². The van der Waals surface area contributed by atoms with Crippen molar-refractivity contribution in [2.24, 2.45) is 0 Å². The third-order valence-corrected chi connectivity index (χ3v) is 8.57. The van der Waals surface area contributed by atoms with Gasteiger partial charge in [0.2, 0.25) is 0 Å². The molecule has 0 bridgehead atoms. The minimum absolute atomic E-state index is 0.319. The van der Waals surface area contributed by atoms with E-state index in [1.54, 1.807) is 38.1 Å². The van der Waals surface area contributed by atoms with Gasteiger partial charge in [-0.1, -0.05) is 88.4 Å². The maximum absolute atomic E-state index is 13.5. The number of benzene rings is 3. The van der Waals surface area contributed by atoms with Gasteiger partial charge >= 0.3 is 24.7 Å². The number of hydrogen-bond acceptors (Lipinski definition) is 3. The second-order valence-electron chi connectivity index (χ2n) is 12.5. The highest BCUT2D eigenvalue weighted by molar-refractivity contribution is 5.69. The number of rotatable bonds is 8. The average Bonchev–Trinajstić information content (AvgIpc) is 2.94. The summed E-state index contributed by atoms with van der Waals surface area (Å²) in [5.41, 5.74) is -6.80. The van der Waals surface area contributed by atoms with Crippen LogP contribution < -0.4 is 5.73 Å². The molecule has 264 valence electrons. The highest BCUT2D eigenvalue weighted by Crippen LogP contribution is 2.51. The molecule has 0 radical (unpaired) electrons. The summed E-state index contributed by atoms with van der Waals surface area (Å²) in [5, 5.41) is 19.3. The third kappa shape index (κ3) is 7.16. The lowest BCUT2D eigenvalue weighted by Gasteiger charge is -2.35. The van der Waals surface area contributed by atoms with Crippen LogP contribution in [-0.2, 0) is 10.8 Å². The van der Waals surface area contributed by atoms with Crippen molar-refractivity contribution in [3.8, 4) is 0 Å². The molecule has 0 aliphatic carbocycles. The molecule has 0 spiro atoms. The lowest BCUT2D eigenvalue weighted by atomic mass is 9.74. The Kier molecular flexibility index (Phi) is 9.93. The van der Waals surface area contributed by atoms with Crippen LogP contribution in [0.15, 0.2) is 78.9 Å². The molecule has 0 unspecified atom stereocenters. The Hall–Kier alpha value is -3.72. The average molecular weight is 702 g/mol.